The van der Waals surface area contributed by atoms with Crippen molar-refractivity contribution in [2.24, 2.45) is 0 Å². The van der Waals surface area contributed by atoms with Gasteiger partial charge >= 0.3 is 0 Å². The van der Waals surface area contributed by atoms with Gasteiger partial charge in [0.25, 0.3) is 0 Å². The number of benzene rings is 2. The normalized spacial score (nSPS) is 13.8. The molecule has 0 fully saturated rings. The molecular formula is C17H19BrN2. The van der Waals surface area contributed by atoms with E-state index in [-0.39, 0.29) is 0 Å². The maximum atomic E-state index is 3.53. The fourth-order valence-corrected chi connectivity index (χ4v) is 3.21. The van der Waals surface area contributed by atoms with Crippen molar-refractivity contribution in [3.63, 3.8) is 0 Å². The third-order valence-electron chi connectivity index (χ3n) is 3.70. The first-order chi connectivity index (χ1) is 9.70. The minimum Gasteiger partial charge on any atom is -0.309 e. The number of nitrogens with one attached hydrogen (secondary N) is 1. The molecule has 0 saturated carbocycles. The fraction of sp³-hybridized carbons (Fsp3) is 0.294. The molecule has 2 aromatic carbocycles. The molecule has 0 amide bonds. The average Bonchev–Trinajstić information content (AvgIpc) is 2.86. The van der Waals surface area contributed by atoms with Gasteiger partial charge in [-0.15, -0.1) is 0 Å². The largest absolute Gasteiger partial charge is 0.309 e. The first-order valence-electron chi connectivity index (χ1n) is 6.95. The summed E-state index contributed by atoms with van der Waals surface area (Å²) in [5.41, 5.74) is 5.64. The monoisotopic (exact) mass is 330 g/mol. The summed E-state index contributed by atoms with van der Waals surface area (Å²) in [6, 6.07) is 15.4. The highest BCUT2D eigenvalue weighted by molar-refractivity contribution is 9.10. The zero-order valence-corrected chi connectivity index (χ0v) is 13.3. The molecule has 0 unspecified atom stereocenters. The van der Waals surface area contributed by atoms with Crippen LogP contribution in [0.25, 0.3) is 0 Å². The van der Waals surface area contributed by atoms with Crippen molar-refractivity contribution in [1.29, 1.82) is 0 Å². The van der Waals surface area contributed by atoms with Crippen LogP contribution in [-0.4, -0.2) is 11.9 Å². The first-order valence-corrected chi connectivity index (χ1v) is 7.74. The second kappa shape index (κ2) is 6.08. The van der Waals surface area contributed by atoms with Crippen molar-refractivity contribution in [3.8, 4) is 0 Å². The highest BCUT2D eigenvalue weighted by Gasteiger charge is 2.10. The van der Waals surface area contributed by atoms with E-state index < -0.39 is 0 Å². The summed E-state index contributed by atoms with van der Waals surface area (Å²) in [5.74, 6) is 0. The molecule has 0 atom stereocenters. The minimum atomic E-state index is 0.967. The van der Waals surface area contributed by atoms with Crippen molar-refractivity contribution < 1.29 is 0 Å². The van der Waals surface area contributed by atoms with Gasteiger partial charge in [0.2, 0.25) is 0 Å². The number of hydrogen-bond donors (Lipinski definition) is 1. The Kier molecular flexibility index (Phi) is 4.20. The van der Waals surface area contributed by atoms with Crippen molar-refractivity contribution >= 4 is 15.9 Å². The van der Waals surface area contributed by atoms with Crippen LogP contribution >= 0.6 is 15.9 Å². The van der Waals surface area contributed by atoms with E-state index in [0.29, 0.717) is 0 Å². The minimum absolute atomic E-state index is 0.967. The average molecular weight is 331 g/mol. The van der Waals surface area contributed by atoms with E-state index >= 15 is 0 Å². The second-order valence-corrected chi connectivity index (χ2v) is 6.42. The Morgan fingerprint density at radius 2 is 1.75 bits per heavy atom. The van der Waals surface area contributed by atoms with Crippen LogP contribution in [0.1, 0.15) is 22.3 Å². The Balaban J connectivity index is 1.65. The van der Waals surface area contributed by atoms with E-state index in [1.165, 1.54) is 22.3 Å². The third-order valence-corrected chi connectivity index (χ3v) is 4.19. The quantitative estimate of drug-likeness (QED) is 0.919. The van der Waals surface area contributed by atoms with Crippen molar-refractivity contribution in [2.45, 2.75) is 26.2 Å². The second-order valence-electron chi connectivity index (χ2n) is 5.51. The zero-order chi connectivity index (χ0) is 13.9. The molecule has 2 nitrogen and oxygen atoms in total. The Hall–Kier alpha value is -1.16. The van der Waals surface area contributed by atoms with Gasteiger partial charge in [-0.05, 0) is 41.4 Å². The zero-order valence-electron chi connectivity index (χ0n) is 11.7. The molecule has 0 radical (unpaired) electrons. The maximum Gasteiger partial charge on any atom is 0.0234 e. The molecule has 0 bridgehead atoms. The number of nitrogens with zero attached hydrogens (tertiary/aromatic N) is 1. The van der Waals surface area contributed by atoms with Gasteiger partial charge in [0.1, 0.15) is 0 Å². The predicted molar refractivity (Wildman–Crippen MR) is 86.3 cm³/mol. The Morgan fingerprint density at radius 1 is 1.00 bits per heavy atom. The summed E-state index contributed by atoms with van der Waals surface area (Å²) in [6.07, 6.45) is 0. The molecule has 1 N–H and O–H groups in total. The predicted octanol–water partition coefficient (Wildman–Crippen LogP) is 3.68. The van der Waals surface area contributed by atoms with Crippen LogP contribution in [0.3, 0.4) is 0 Å². The van der Waals surface area contributed by atoms with Gasteiger partial charge in [0.05, 0.1) is 0 Å². The van der Waals surface area contributed by atoms with Crippen LogP contribution in [-0.2, 0) is 26.2 Å². The molecule has 1 heterocycles. The molecule has 0 saturated heterocycles. The molecule has 2 aromatic rings. The summed E-state index contributed by atoms with van der Waals surface area (Å²) in [6.45, 7) is 3.98. The SMILES string of the molecule is CN(Cc1cccc(Br)c1)Cc1ccc2c(c1)CNC2. The summed E-state index contributed by atoms with van der Waals surface area (Å²) in [5, 5.41) is 3.40. The van der Waals surface area contributed by atoms with Gasteiger partial charge in [-0.25, -0.2) is 0 Å². The first kappa shape index (κ1) is 13.8. The van der Waals surface area contributed by atoms with Crippen molar-refractivity contribution in [3.05, 3.63) is 69.2 Å². The number of hydrogen-bond acceptors (Lipinski definition) is 2. The van der Waals surface area contributed by atoms with Gasteiger partial charge in [0, 0.05) is 30.7 Å². The summed E-state index contributed by atoms with van der Waals surface area (Å²) < 4.78 is 1.15. The van der Waals surface area contributed by atoms with Gasteiger partial charge in [0.15, 0.2) is 0 Å². The molecule has 1 aliphatic rings. The van der Waals surface area contributed by atoms with Crippen molar-refractivity contribution in [1.82, 2.24) is 10.2 Å². The molecule has 104 valence electrons. The summed E-state index contributed by atoms with van der Waals surface area (Å²) in [7, 11) is 2.17. The van der Waals surface area contributed by atoms with Gasteiger partial charge < -0.3 is 5.32 Å². The molecular weight excluding hydrogens is 312 g/mol. The van der Waals surface area contributed by atoms with E-state index in [0.717, 1.165) is 30.7 Å². The molecule has 0 aliphatic carbocycles. The highest BCUT2D eigenvalue weighted by atomic mass is 79.9. The molecule has 3 heteroatoms. The van der Waals surface area contributed by atoms with Crippen LogP contribution in [0.4, 0.5) is 0 Å². The van der Waals surface area contributed by atoms with E-state index in [1.54, 1.807) is 0 Å². The third kappa shape index (κ3) is 3.29. The topological polar surface area (TPSA) is 15.3 Å². The molecule has 3 rings (SSSR count). The van der Waals surface area contributed by atoms with Crippen LogP contribution in [0.2, 0.25) is 0 Å². The van der Waals surface area contributed by atoms with E-state index in [2.05, 4.69) is 75.7 Å². The maximum absolute atomic E-state index is 3.53. The Bertz CT molecular complexity index is 610. The lowest BCUT2D eigenvalue weighted by Gasteiger charge is -2.17. The lowest BCUT2D eigenvalue weighted by atomic mass is 10.1. The smallest absolute Gasteiger partial charge is 0.0234 e. The number of halogens is 1. The lowest BCUT2D eigenvalue weighted by Crippen LogP contribution is -2.17. The highest BCUT2D eigenvalue weighted by Crippen LogP contribution is 2.19. The molecule has 0 spiro atoms. The summed E-state index contributed by atoms with van der Waals surface area (Å²) >= 11 is 3.53. The lowest BCUT2D eigenvalue weighted by molar-refractivity contribution is 0.319. The molecule has 0 aromatic heterocycles. The van der Waals surface area contributed by atoms with Crippen LogP contribution in [0.5, 0.6) is 0 Å². The van der Waals surface area contributed by atoms with Crippen molar-refractivity contribution in [2.75, 3.05) is 7.05 Å². The fourth-order valence-electron chi connectivity index (χ4n) is 2.76. The molecule has 20 heavy (non-hydrogen) atoms. The van der Waals surface area contributed by atoms with Gasteiger partial charge in [-0.1, -0.05) is 46.3 Å². The Morgan fingerprint density at radius 3 is 2.55 bits per heavy atom. The standard InChI is InChI=1S/C17H19BrN2/c1-20(11-13-3-2-4-17(18)8-13)12-14-5-6-15-9-19-10-16(15)7-14/h2-8,19H,9-12H2,1H3. The van der Waals surface area contributed by atoms with Crippen LogP contribution in [0.15, 0.2) is 46.9 Å². The molecule has 1 aliphatic heterocycles. The van der Waals surface area contributed by atoms with Crippen LogP contribution in [0, 0.1) is 0 Å². The number of rotatable bonds is 4. The summed E-state index contributed by atoms with van der Waals surface area (Å²) in [4.78, 5) is 2.35. The van der Waals surface area contributed by atoms with Gasteiger partial charge in [-0.2, -0.15) is 0 Å². The van der Waals surface area contributed by atoms with Crippen LogP contribution < -0.4 is 5.32 Å². The number of fused-ring (bicyclic) bond motifs is 1. The van der Waals surface area contributed by atoms with Gasteiger partial charge in [-0.3, -0.25) is 4.90 Å². The van der Waals surface area contributed by atoms with E-state index in [9.17, 15) is 0 Å². The van der Waals surface area contributed by atoms with E-state index in [4.69, 9.17) is 0 Å². The van der Waals surface area contributed by atoms with E-state index in [1.807, 2.05) is 0 Å². The Labute approximate surface area is 128 Å².